The molecule has 0 aliphatic carbocycles. The number of hydrogen-bond donors (Lipinski definition) is 2. The first-order valence-corrected chi connectivity index (χ1v) is 10.7. The van der Waals surface area contributed by atoms with Crippen LogP contribution in [-0.4, -0.2) is 26.5 Å². The average molecular weight is 428 g/mol. The summed E-state index contributed by atoms with van der Waals surface area (Å²) in [6.07, 6.45) is 0. The molecule has 3 rings (SSSR count). The van der Waals surface area contributed by atoms with Gasteiger partial charge in [-0.05, 0) is 37.6 Å². The molecule has 1 aromatic heterocycles. The third kappa shape index (κ3) is 4.23. The van der Waals surface area contributed by atoms with E-state index in [4.69, 9.17) is 17.3 Å². The lowest BCUT2D eigenvalue weighted by molar-refractivity contribution is 0.0955. The molecule has 144 valence electrons. The van der Waals surface area contributed by atoms with E-state index in [9.17, 15) is 13.4 Å². The van der Waals surface area contributed by atoms with Gasteiger partial charge in [0.2, 0.25) is 0 Å². The van der Waals surface area contributed by atoms with Crippen LogP contribution in [0.5, 0.6) is 0 Å². The van der Waals surface area contributed by atoms with E-state index < -0.39 is 21.6 Å². The first-order valence-electron chi connectivity index (χ1n) is 8.22. The molecule has 1 aromatic carbocycles. The van der Waals surface area contributed by atoms with Gasteiger partial charge in [0, 0.05) is 22.2 Å². The maximum atomic E-state index is 13.2. The fraction of sp³-hybridized carbons (Fsp3) is 0.333. The van der Waals surface area contributed by atoms with Crippen molar-refractivity contribution >= 4 is 45.5 Å². The van der Waals surface area contributed by atoms with E-state index in [1.54, 1.807) is 32.0 Å². The van der Waals surface area contributed by atoms with Crippen molar-refractivity contribution in [2.45, 2.75) is 31.2 Å². The SMILES string of the molecule is CC1(C)C(N)=NC(c2sc(C(=O)NCc3cccc(F)c3)cc2Cl)CS1=O. The largest absolute Gasteiger partial charge is 0.386 e. The summed E-state index contributed by atoms with van der Waals surface area (Å²) in [5, 5.41) is 3.14. The van der Waals surface area contributed by atoms with Gasteiger partial charge in [-0.15, -0.1) is 11.3 Å². The van der Waals surface area contributed by atoms with Crippen LogP contribution in [0.3, 0.4) is 0 Å². The average Bonchev–Trinajstić information content (AvgIpc) is 2.99. The fourth-order valence-corrected chi connectivity index (χ4v) is 5.36. The van der Waals surface area contributed by atoms with E-state index in [1.807, 2.05) is 0 Å². The Morgan fingerprint density at radius 2 is 2.22 bits per heavy atom. The molecule has 0 saturated carbocycles. The molecule has 9 heteroatoms. The highest BCUT2D eigenvalue weighted by Gasteiger charge is 2.38. The van der Waals surface area contributed by atoms with E-state index in [0.717, 1.165) is 0 Å². The Balaban J connectivity index is 1.75. The number of amides is 1. The number of nitrogens with two attached hydrogens (primary N) is 1. The molecule has 2 heterocycles. The maximum absolute atomic E-state index is 13.2. The lowest BCUT2D eigenvalue weighted by Gasteiger charge is -2.30. The first-order chi connectivity index (χ1) is 12.7. The van der Waals surface area contributed by atoms with Crippen molar-refractivity contribution in [3.05, 3.63) is 56.5 Å². The van der Waals surface area contributed by atoms with Gasteiger partial charge in [-0.25, -0.2) is 4.39 Å². The summed E-state index contributed by atoms with van der Waals surface area (Å²) in [5.74, 6) is -0.0460. The highest BCUT2D eigenvalue weighted by atomic mass is 35.5. The molecule has 1 aliphatic rings. The number of hydrogen-bond acceptors (Lipinski definition) is 5. The van der Waals surface area contributed by atoms with Gasteiger partial charge >= 0.3 is 0 Å². The number of thiophene rings is 1. The normalized spacial score (nSPS) is 21.6. The summed E-state index contributed by atoms with van der Waals surface area (Å²) in [7, 11) is -1.20. The molecule has 1 amide bonds. The van der Waals surface area contributed by atoms with Crippen LogP contribution in [0.15, 0.2) is 35.3 Å². The Morgan fingerprint density at radius 3 is 2.89 bits per heavy atom. The van der Waals surface area contributed by atoms with Crippen molar-refractivity contribution in [1.82, 2.24) is 5.32 Å². The fourth-order valence-electron chi connectivity index (χ4n) is 2.60. The van der Waals surface area contributed by atoms with Crippen molar-refractivity contribution in [1.29, 1.82) is 0 Å². The predicted octanol–water partition coefficient (Wildman–Crippen LogP) is 3.41. The van der Waals surface area contributed by atoms with Crippen LogP contribution in [0.2, 0.25) is 5.02 Å². The second-order valence-electron chi connectivity index (χ2n) is 6.69. The maximum Gasteiger partial charge on any atom is 0.261 e. The molecule has 2 aromatic rings. The lowest BCUT2D eigenvalue weighted by atomic mass is 10.1. The highest BCUT2D eigenvalue weighted by Crippen LogP contribution is 2.38. The molecule has 1 aliphatic heterocycles. The van der Waals surface area contributed by atoms with Crippen LogP contribution in [-0.2, 0) is 17.3 Å². The summed E-state index contributed by atoms with van der Waals surface area (Å²) in [6.45, 7) is 3.78. The highest BCUT2D eigenvalue weighted by molar-refractivity contribution is 7.87. The van der Waals surface area contributed by atoms with Crippen LogP contribution in [0.25, 0.3) is 0 Å². The Labute approximate surface area is 168 Å². The van der Waals surface area contributed by atoms with Gasteiger partial charge < -0.3 is 11.1 Å². The van der Waals surface area contributed by atoms with Gasteiger partial charge in [-0.2, -0.15) is 0 Å². The number of carbonyl (C=O) groups excluding carboxylic acids is 1. The molecule has 27 heavy (non-hydrogen) atoms. The number of benzene rings is 1. The Bertz CT molecular complexity index is 942. The number of nitrogens with zero attached hydrogens (tertiary/aromatic N) is 1. The molecule has 0 spiro atoms. The first kappa shape index (κ1) is 20.0. The molecular weight excluding hydrogens is 409 g/mol. The molecule has 0 fully saturated rings. The second-order valence-corrected chi connectivity index (χ2v) is 10.2. The van der Waals surface area contributed by atoms with E-state index in [2.05, 4.69) is 10.3 Å². The smallest absolute Gasteiger partial charge is 0.261 e. The molecule has 0 saturated heterocycles. The Kier molecular flexibility index (Phi) is 5.69. The van der Waals surface area contributed by atoms with Crippen molar-refractivity contribution < 1.29 is 13.4 Å². The Morgan fingerprint density at radius 1 is 1.48 bits per heavy atom. The zero-order chi connectivity index (χ0) is 19.8. The standard InChI is InChI=1S/C18H19ClFN3O2S2/c1-18(2)17(21)23-13(9-27(18)25)15-12(19)7-14(26-15)16(24)22-8-10-4-3-5-11(20)6-10/h3-7,13H,8-9H2,1-2H3,(H2,21,23)(H,22,24). The zero-order valence-electron chi connectivity index (χ0n) is 14.8. The number of nitrogens with one attached hydrogen (secondary N) is 1. The van der Waals surface area contributed by atoms with Crippen LogP contribution in [0.1, 0.15) is 40.0 Å². The van der Waals surface area contributed by atoms with Crippen molar-refractivity contribution in [2.75, 3.05) is 5.75 Å². The van der Waals surface area contributed by atoms with E-state index in [-0.39, 0.29) is 18.3 Å². The van der Waals surface area contributed by atoms with Crippen LogP contribution < -0.4 is 11.1 Å². The molecule has 5 nitrogen and oxygen atoms in total. The van der Waals surface area contributed by atoms with Gasteiger partial charge in [-0.3, -0.25) is 14.0 Å². The minimum absolute atomic E-state index is 0.203. The van der Waals surface area contributed by atoms with Crippen molar-refractivity contribution in [3.63, 3.8) is 0 Å². The number of amidine groups is 1. The third-order valence-corrected chi connectivity index (χ3v) is 8.00. The second kappa shape index (κ2) is 7.69. The Hall–Kier alpha value is -1.77. The monoisotopic (exact) mass is 427 g/mol. The van der Waals surface area contributed by atoms with Gasteiger partial charge in [-0.1, -0.05) is 23.7 Å². The van der Waals surface area contributed by atoms with Crippen molar-refractivity contribution in [2.24, 2.45) is 10.7 Å². The molecular formula is C18H19ClFN3O2S2. The predicted molar refractivity (Wildman–Crippen MR) is 108 cm³/mol. The third-order valence-electron chi connectivity index (χ3n) is 4.37. The van der Waals surface area contributed by atoms with Crippen LogP contribution >= 0.6 is 22.9 Å². The van der Waals surface area contributed by atoms with E-state index in [0.29, 0.717) is 31.9 Å². The molecule has 0 bridgehead atoms. The van der Waals surface area contributed by atoms with Gasteiger partial charge in [0.25, 0.3) is 5.91 Å². The quantitative estimate of drug-likeness (QED) is 0.784. The summed E-state index contributed by atoms with van der Waals surface area (Å²) in [6, 6.07) is 7.16. The minimum atomic E-state index is -1.20. The number of carbonyl (C=O) groups is 1. The van der Waals surface area contributed by atoms with Crippen LogP contribution in [0.4, 0.5) is 4.39 Å². The van der Waals surface area contributed by atoms with Gasteiger partial charge in [0.1, 0.15) is 11.7 Å². The summed E-state index contributed by atoms with van der Waals surface area (Å²) in [4.78, 5) is 17.9. The van der Waals surface area contributed by atoms with Crippen LogP contribution in [0, 0.1) is 5.82 Å². The van der Waals surface area contributed by atoms with Crippen molar-refractivity contribution in [3.8, 4) is 0 Å². The lowest BCUT2D eigenvalue weighted by Crippen LogP contribution is -2.47. The number of aliphatic imine (C=N–C) groups is 1. The molecule has 2 atom stereocenters. The molecule has 2 unspecified atom stereocenters. The summed E-state index contributed by atoms with van der Waals surface area (Å²) in [5.41, 5.74) is 6.64. The molecule has 3 N–H and O–H groups in total. The van der Waals surface area contributed by atoms with Gasteiger partial charge in [0.15, 0.2) is 0 Å². The summed E-state index contributed by atoms with van der Waals surface area (Å²) < 4.78 is 25.0. The van der Waals surface area contributed by atoms with Gasteiger partial charge in [0.05, 0.1) is 26.4 Å². The zero-order valence-corrected chi connectivity index (χ0v) is 17.2. The van der Waals surface area contributed by atoms with E-state index in [1.165, 1.54) is 23.5 Å². The number of rotatable bonds is 4. The minimum Gasteiger partial charge on any atom is -0.386 e. The summed E-state index contributed by atoms with van der Waals surface area (Å²) >= 11 is 7.50. The number of halogens is 2. The molecule has 0 radical (unpaired) electrons. The topological polar surface area (TPSA) is 84.5 Å². The van der Waals surface area contributed by atoms with E-state index >= 15 is 0 Å².